The van der Waals surface area contributed by atoms with Crippen LogP contribution in [0.5, 0.6) is 0 Å². The van der Waals surface area contributed by atoms with Crippen molar-refractivity contribution in [2.75, 3.05) is 19.7 Å². The van der Waals surface area contributed by atoms with E-state index in [1.165, 1.54) is 0 Å². The number of carbonyl (C=O) groups is 2. The topological polar surface area (TPSA) is 58.6 Å². The average molecular weight is 337 g/mol. The van der Waals surface area contributed by atoms with Gasteiger partial charge >= 0.3 is 12.0 Å². The molecule has 1 saturated heterocycles. The van der Waals surface area contributed by atoms with Gasteiger partial charge in [-0.2, -0.15) is 0 Å². The normalized spacial score (nSPS) is 15.7. The number of hydrogen-bond acceptors (Lipinski definition) is 3. The molecule has 0 unspecified atom stereocenters. The van der Waals surface area contributed by atoms with Crippen LogP contribution in [0.2, 0.25) is 5.02 Å². The number of ether oxygens (including phenoxy) is 1. The Hall–Kier alpha value is -2.01. The first-order valence-electron chi connectivity index (χ1n) is 7.74. The zero-order valence-corrected chi connectivity index (χ0v) is 13.9. The lowest BCUT2D eigenvalue weighted by Gasteiger charge is -2.30. The number of halogens is 1. The van der Waals surface area contributed by atoms with Gasteiger partial charge in [-0.25, -0.2) is 4.79 Å². The van der Waals surface area contributed by atoms with Crippen LogP contribution < -0.4 is 5.32 Å². The van der Waals surface area contributed by atoms with E-state index < -0.39 is 0 Å². The number of amides is 2. The van der Waals surface area contributed by atoms with E-state index in [0.717, 1.165) is 5.56 Å². The first-order chi connectivity index (χ1) is 11.1. The third-order valence-electron chi connectivity index (χ3n) is 3.73. The number of carbonyl (C=O) groups excluding carboxylic acids is 2. The fourth-order valence-corrected chi connectivity index (χ4v) is 2.69. The summed E-state index contributed by atoms with van der Waals surface area (Å²) in [5.41, 5.74) is 0.916. The number of likely N-dealkylation sites (tertiary alicyclic amines) is 1. The Balaban J connectivity index is 1.78. The molecule has 2 rings (SSSR count). The van der Waals surface area contributed by atoms with E-state index in [1.54, 1.807) is 30.2 Å². The van der Waals surface area contributed by atoms with E-state index in [1.807, 2.05) is 18.2 Å². The largest absolute Gasteiger partial charge is 0.466 e. The van der Waals surface area contributed by atoms with Crippen molar-refractivity contribution in [2.24, 2.45) is 5.92 Å². The Morgan fingerprint density at radius 3 is 2.78 bits per heavy atom. The van der Waals surface area contributed by atoms with Crippen LogP contribution in [0.25, 0.3) is 6.08 Å². The highest BCUT2D eigenvalue weighted by molar-refractivity contribution is 6.30. The standard InChI is InChI=1S/C17H21ClN2O3/c1-2-23-16(21)14-7-10-20(11-8-14)17(22)19-9-6-13-4-3-5-15(18)12-13/h3-6,9,12,14H,2,7-8,10-11H2,1H3,(H,19,22)/b9-6+. The molecule has 1 aliphatic heterocycles. The molecule has 23 heavy (non-hydrogen) atoms. The number of piperidine rings is 1. The van der Waals surface area contributed by atoms with Gasteiger partial charge < -0.3 is 15.0 Å². The van der Waals surface area contributed by atoms with E-state index in [0.29, 0.717) is 37.6 Å². The Labute approximate surface area is 141 Å². The molecular formula is C17H21ClN2O3. The van der Waals surface area contributed by atoms with E-state index in [-0.39, 0.29) is 17.9 Å². The molecule has 1 N–H and O–H groups in total. The summed E-state index contributed by atoms with van der Waals surface area (Å²) in [4.78, 5) is 25.5. The van der Waals surface area contributed by atoms with Gasteiger partial charge in [0.25, 0.3) is 0 Å². The predicted molar refractivity (Wildman–Crippen MR) is 89.9 cm³/mol. The summed E-state index contributed by atoms with van der Waals surface area (Å²) in [7, 11) is 0. The molecule has 1 aliphatic rings. The van der Waals surface area contributed by atoms with Crippen LogP contribution in [-0.2, 0) is 9.53 Å². The molecule has 2 amide bonds. The fraction of sp³-hybridized carbons (Fsp3) is 0.412. The summed E-state index contributed by atoms with van der Waals surface area (Å²) < 4.78 is 5.02. The Kier molecular flexibility index (Phi) is 6.47. The summed E-state index contributed by atoms with van der Waals surface area (Å²) in [6.07, 6.45) is 4.68. The number of rotatable bonds is 4. The van der Waals surface area contributed by atoms with Crippen LogP contribution >= 0.6 is 11.6 Å². The lowest BCUT2D eigenvalue weighted by atomic mass is 9.97. The Bertz CT molecular complexity index is 581. The molecule has 1 aromatic rings. The van der Waals surface area contributed by atoms with Gasteiger partial charge in [0.15, 0.2) is 0 Å². The molecule has 0 saturated carbocycles. The first kappa shape index (κ1) is 17.3. The van der Waals surface area contributed by atoms with Gasteiger partial charge in [0.1, 0.15) is 0 Å². The van der Waals surface area contributed by atoms with Crippen molar-refractivity contribution in [3.8, 4) is 0 Å². The van der Waals surface area contributed by atoms with E-state index in [9.17, 15) is 9.59 Å². The van der Waals surface area contributed by atoms with E-state index >= 15 is 0 Å². The molecule has 0 spiro atoms. The molecule has 1 aromatic carbocycles. The molecule has 0 radical (unpaired) electrons. The summed E-state index contributed by atoms with van der Waals surface area (Å²) in [6, 6.07) is 7.20. The number of hydrogen-bond donors (Lipinski definition) is 1. The molecule has 1 heterocycles. The van der Waals surface area contributed by atoms with Gasteiger partial charge in [-0.3, -0.25) is 4.79 Å². The van der Waals surface area contributed by atoms with Crippen LogP contribution in [0, 0.1) is 5.92 Å². The molecule has 0 atom stereocenters. The van der Waals surface area contributed by atoms with Crippen molar-refractivity contribution in [3.63, 3.8) is 0 Å². The number of esters is 1. The van der Waals surface area contributed by atoms with Crippen LogP contribution in [0.15, 0.2) is 30.5 Å². The Morgan fingerprint density at radius 2 is 2.13 bits per heavy atom. The smallest absolute Gasteiger partial charge is 0.321 e. The van der Waals surface area contributed by atoms with Gasteiger partial charge in [-0.1, -0.05) is 23.7 Å². The maximum Gasteiger partial charge on any atom is 0.321 e. The van der Waals surface area contributed by atoms with Crippen LogP contribution in [-0.4, -0.2) is 36.6 Å². The second-order valence-corrected chi connectivity index (χ2v) is 5.79. The highest BCUT2D eigenvalue weighted by Gasteiger charge is 2.27. The summed E-state index contributed by atoms with van der Waals surface area (Å²) >= 11 is 5.90. The summed E-state index contributed by atoms with van der Waals surface area (Å²) in [5.74, 6) is -0.255. The van der Waals surface area contributed by atoms with Crippen molar-refractivity contribution in [3.05, 3.63) is 41.1 Å². The van der Waals surface area contributed by atoms with Crippen LogP contribution in [0.3, 0.4) is 0 Å². The quantitative estimate of drug-likeness (QED) is 0.858. The Morgan fingerprint density at radius 1 is 1.39 bits per heavy atom. The third kappa shape index (κ3) is 5.28. The second kappa shape index (κ2) is 8.58. The van der Waals surface area contributed by atoms with Crippen molar-refractivity contribution < 1.29 is 14.3 Å². The minimum atomic E-state index is -0.161. The highest BCUT2D eigenvalue weighted by atomic mass is 35.5. The number of nitrogens with zero attached hydrogens (tertiary/aromatic N) is 1. The highest BCUT2D eigenvalue weighted by Crippen LogP contribution is 2.18. The van der Waals surface area contributed by atoms with Crippen molar-refractivity contribution in [1.29, 1.82) is 0 Å². The fourth-order valence-electron chi connectivity index (χ4n) is 2.49. The van der Waals surface area contributed by atoms with Gasteiger partial charge in [0.2, 0.25) is 0 Å². The summed E-state index contributed by atoms with van der Waals surface area (Å²) in [5, 5.41) is 3.39. The van der Waals surface area contributed by atoms with Crippen molar-refractivity contribution in [2.45, 2.75) is 19.8 Å². The lowest BCUT2D eigenvalue weighted by molar-refractivity contribution is -0.149. The molecule has 1 fully saturated rings. The molecule has 0 aliphatic carbocycles. The van der Waals surface area contributed by atoms with Gasteiger partial charge in [-0.15, -0.1) is 0 Å². The lowest BCUT2D eigenvalue weighted by Crippen LogP contribution is -2.44. The summed E-state index contributed by atoms with van der Waals surface area (Å²) in [6.45, 7) is 3.31. The molecule has 6 heteroatoms. The zero-order chi connectivity index (χ0) is 16.7. The molecule has 124 valence electrons. The predicted octanol–water partition coefficient (Wildman–Crippen LogP) is 3.30. The van der Waals surface area contributed by atoms with Crippen molar-refractivity contribution in [1.82, 2.24) is 10.2 Å². The van der Waals surface area contributed by atoms with Gasteiger partial charge in [0.05, 0.1) is 12.5 Å². The third-order valence-corrected chi connectivity index (χ3v) is 3.97. The zero-order valence-electron chi connectivity index (χ0n) is 13.1. The van der Waals surface area contributed by atoms with E-state index in [4.69, 9.17) is 16.3 Å². The maximum absolute atomic E-state index is 12.1. The maximum atomic E-state index is 12.1. The molecule has 0 aromatic heterocycles. The average Bonchev–Trinajstić information content (AvgIpc) is 2.55. The van der Waals surface area contributed by atoms with E-state index in [2.05, 4.69) is 5.32 Å². The monoisotopic (exact) mass is 336 g/mol. The number of urea groups is 1. The first-order valence-corrected chi connectivity index (χ1v) is 8.12. The second-order valence-electron chi connectivity index (χ2n) is 5.35. The van der Waals surface area contributed by atoms with Gasteiger partial charge in [0, 0.05) is 24.3 Å². The minimum absolute atomic E-state index is 0.0963. The molecule has 0 bridgehead atoms. The van der Waals surface area contributed by atoms with Crippen LogP contribution in [0.1, 0.15) is 25.3 Å². The molecular weight excluding hydrogens is 316 g/mol. The number of nitrogens with one attached hydrogen (secondary N) is 1. The van der Waals surface area contributed by atoms with Crippen LogP contribution in [0.4, 0.5) is 4.79 Å². The molecule has 5 nitrogen and oxygen atoms in total. The SMILES string of the molecule is CCOC(=O)C1CCN(C(=O)N/C=C/c2cccc(Cl)c2)CC1. The minimum Gasteiger partial charge on any atom is -0.466 e. The van der Waals surface area contributed by atoms with Crippen molar-refractivity contribution >= 4 is 29.7 Å². The number of benzene rings is 1. The van der Waals surface area contributed by atoms with Gasteiger partial charge in [-0.05, 0) is 43.5 Å².